The van der Waals surface area contributed by atoms with Gasteiger partial charge in [0.25, 0.3) is 0 Å². The van der Waals surface area contributed by atoms with Crippen molar-refractivity contribution in [1.82, 2.24) is 0 Å². The second-order valence-electron chi connectivity index (χ2n) is 8.95. The zero-order valence-corrected chi connectivity index (χ0v) is 16.1. The summed E-state index contributed by atoms with van der Waals surface area (Å²) in [5, 5.41) is 10.9. The minimum Gasteiger partial charge on any atom is -0.508 e. The molecule has 0 amide bonds. The molecule has 1 aliphatic heterocycles. The molecule has 1 N–H and O–H groups in total. The van der Waals surface area contributed by atoms with Gasteiger partial charge in [0.15, 0.2) is 0 Å². The molecule has 1 heterocycles. The minimum absolute atomic E-state index is 0.0496. The highest BCUT2D eigenvalue weighted by Gasteiger charge is 2.46. The van der Waals surface area contributed by atoms with E-state index < -0.39 is 0 Å². The summed E-state index contributed by atoms with van der Waals surface area (Å²) in [5.41, 5.74) is 3.48. The molecule has 0 radical (unpaired) electrons. The van der Waals surface area contributed by atoms with Crippen molar-refractivity contribution < 1.29 is 9.84 Å². The lowest BCUT2D eigenvalue weighted by Crippen LogP contribution is -2.45. The molecule has 1 aliphatic carbocycles. The van der Waals surface area contributed by atoms with Crippen LogP contribution in [0.25, 0.3) is 0 Å². The molecule has 24 heavy (non-hydrogen) atoms. The average Bonchev–Trinajstić information content (AvgIpc) is 2.45. The summed E-state index contributed by atoms with van der Waals surface area (Å²) in [4.78, 5) is 0. The van der Waals surface area contributed by atoms with E-state index in [9.17, 15) is 5.11 Å². The molecule has 1 aromatic carbocycles. The lowest BCUT2D eigenvalue weighted by atomic mass is 9.66. The number of hydrogen-bond donors (Lipinski definition) is 1. The molecular weight excluding hydrogens is 296 g/mol. The van der Waals surface area contributed by atoms with Crippen molar-refractivity contribution >= 4 is 0 Å². The second kappa shape index (κ2) is 5.82. The van der Waals surface area contributed by atoms with E-state index in [1.165, 1.54) is 11.1 Å². The number of rotatable bonds is 3. The van der Waals surface area contributed by atoms with Crippen LogP contribution in [-0.4, -0.2) is 10.7 Å². The number of hydrogen-bond acceptors (Lipinski definition) is 2. The van der Waals surface area contributed by atoms with Gasteiger partial charge in [-0.2, -0.15) is 0 Å². The highest BCUT2D eigenvalue weighted by atomic mass is 16.5. The van der Waals surface area contributed by atoms with Gasteiger partial charge < -0.3 is 9.84 Å². The first-order chi connectivity index (χ1) is 11.2. The molecule has 0 saturated carbocycles. The largest absolute Gasteiger partial charge is 0.508 e. The molecule has 2 heteroatoms. The fourth-order valence-electron chi connectivity index (χ4n) is 4.72. The summed E-state index contributed by atoms with van der Waals surface area (Å²) in [6, 6.07) is 4.18. The minimum atomic E-state index is -0.200. The highest BCUT2D eigenvalue weighted by Crippen LogP contribution is 2.54. The van der Waals surface area contributed by atoms with Crippen LogP contribution in [-0.2, 0) is 5.41 Å². The molecule has 1 unspecified atom stereocenters. The SMILES string of the molecule is CCCC(C)(C)c1cc(O)c2c(c1)OC(C)(C)C1CC=C(C)C[C@@H]21. The van der Waals surface area contributed by atoms with Crippen LogP contribution in [0, 0.1) is 5.92 Å². The summed E-state index contributed by atoms with van der Waals surface area (Å²) in [6.07, 6.45) is 6.63. The number of aromatic hydroxyl groups is 1. The van der Waals surface area contributed by atoms with Crippen molar-refractivity contribution in [2.75, 3.05) is 0 Å². The smallest absolute Gasteiger partial charge is 0.127 e. The summed E-state index contributed by atoms with van der Waals surface area (Å²) in [7, 11) is 0. The van der Waals surface area contributed by atoms with Gasteiger partial charge in [-0.25, -0.2) is 0 Å². The van der Waals surface area contributed by atoms with Gasteiger partial charge in [0.1, 0.15) is 17.1 Å². The molecule has 0 fully saturated rings. The third-order valence-corrected chi connectivity index (χ3v) is 6.16. The Morgan fingerprint density at radius 2 is 2.00 bits per heavy atom. The number of ether oxygens (including phenoxy) is 1. The third-order valence-electron chi connectivity index (χ3n) is 6.16. The van der Waals surface area contributed by atoms with Crippen LogP contribution in [0.2, 0.25) is 0 Å². The van der Waals surface area contributed by atoms with E-state index in [4.69, 9.17) is 4.74 Å². The van der Waals surface area contributed by atoms with Crippen molar-refractivity contribution in [1.29, 1.82) is 0 Å². The molecule has 2 aliphatic rings. The summed E-state index contributed by atoms with van der Waals surface area (Å²) in [6.45, 7) is 13.3. The molecule has 132 valence electrons. The van der Waals surface area contributed by atoms with Gasteiger partial charge in [-0.1, -0.05) is 38.8 Å². The zero-order chi connectivity index (χ0) is 17.7. The maximum Gasteiger partial charge on any atom is 0.127 e. The predicted octanol–water partition coefficient (Wildman–Crippen LogP) is 6.08. The first-order valence-electron chi connectivity index (χ1n) is 9.37. The Bertz CT molecular complexity index is 667. The van der Waals surface area contributed by atoms with E-state index in [1.54, 1.807) is 0 Å². The number of benzene rings is 1. The third kappa shape index (κ3) is 2.85. The molecule has 0 aromatic heterocycles. The fourth-order valence-corrected chi connectivity index (χ4v) is 4.72. The van der Waals surface area contributed by atoms with Gasteiger partial charge in [0.2, 0.25) is 0 Å². The van der Waals surface area contributed by atoms with E-state index in [-0.39, 0.29) is 11.0 Å². The average molecular weight is 328 g/mol. The van der Waals surface area contributed by atoms with Crippen LogP contribution < -0.4 is 4.74 Å². The van der Waals surface area contributed by atoms with Crippen molar-refractivity contribution in [3.63, 3.8) is 0 Å². The first-order valence-corrected chi connectivity index (χ1v) is 9.37. The summed E-state index contributed by atoms with van der Waals surface area (Å²) in [5.74, 6) is 2.10. The number of fused-ring (bicyclic) bond motifs is 3. The summed E-state index contributed by atoms with van der Waals surface area (Å²) < 4.78 is 6.43. The van der Waals surface area contributed by atoms with Gasteiger partial charge in [-0.05, 0) is 63.1 Å². The Morgan fingerprint density at radius 3 is 2.67 bits per heavy atom. The van der Waals surface area contributed by atoms with Gasteiger partial charge in [0, 0.05) is 17.4 Å². The number of allylic oxidation sites excluding steroid dienone is 2. The van der Waals surface area contributed by atoms with Crippen LogP contribution in [0.3, 0.4) is 0 Å². The van der Waals surface area contributed by atoms with Crippen LogP contribution in [0.15, 0.2) is 23.8 Å². The Labute approximate surface area is 146 Å². The van der Waals surface area contributed by atoms with Crippen molar-refractivity contribution in [3.05, 3.63) is 34.9 Å². The maximum atomic E-state index is 10.9. The fraction of sp³-hybridized carbons (Fsp3) is 0.636. The van der Waals surface area contributed by atoms with E-state index in [2.05, 4.69) is 53.7 Å². The van der Waals surface area contributed by atoms with Gasteiger partial charge in [-0.3, -0.25) is 0 Å². The molecule has 0 saturated heterocycles. The van der Waals surface area contributed by atoms with E-state index >= 15 is 0 Å². The van der Waals surface area contributed by atoms with Crippen LogP contribution in [0.5, 0.6) is 11.5 Å². The van der Waals surface area contributed by atoms with E-state index in [0.717, 1.165) is 37.0 Å². The lowest BCUT2D eigenvalue weighted by molar-refractivity contribution is 0.00741. The normalized spacial score (nSPS) is 25.3. The molecule has 0 spiro atoms. The van der Waals surface area contributed by atoms with Gasteiger partial charge >= 0.3 is 0 Å². The van der Waals surface area contributed by atoms with Crippen molar-refractivity contribution in [2.24, 2.45) is 5.92 Å². The maximum absolute atomic E-state index is 10.9. The zero-order valence-electron chi connectivity index (χ0n) is 16.1. The van der Waals surface area contributed by atoms with Crippen LogP contribution >= 0.6 is 0 Å². The Kier molecular flexibility index (Phi) is 4.22. The standard InChI is InChI=1S/C22H32O2/c1-7-10-21(3,4)15-12-18(23)20-16-11-14(2)8-9-17(16)22(5,6)24-19(20)13-15/h8,12-13,16-17,23H,7,9-11H2,1-6H3/t16-,17?/m1/s1. The topological polar surface area (TPSA) is 29.5 Å². The summed E-state index contributed by atoms with van der Waals surface area (Å²) >= 11 is 0. The Morgan fingerprint density at radius 1 is 1.29 bits per heavy atom. The quantitative estimate of drug-likeness (QED) is 0.681. The van der Waals surface area contributed by atoms with E-state index in [0.29, 0.717) is 17.6 Å². The monoisotopic (exact) mass is 328 g/mol. The lowest BCUT2D eigenvalue weighted by Gasteiger charge is -2.47. The Balaban J connectivity index is 2.10. The molecule has 2 atom stereocenters. The first kappa shape index (κ1) is 17.4. The molecule has 0 bridgehead atoms. The molecule has 2 nitrogen and oxygen atoms in total. The van der Waals surface area contributed by atoms with Crippen LogP contribution in [0.4, 0.5) is 0 Å². The second-order valence-corrected chi connectivity index (χ2v) is 8.95. The Hall–Kier alpha value is -1.44. The predicted molar refractivity (Wildman–Crippen MR) is 100.0 cm³/mol. The number of phenols is 1. The van der Waals surface area contributed by atoms with Gasteiger partial charge in [-0.15, -0.1) is 0 Å². The van der Waals surface area contributed by atoms with E-state index in [1.807, 2.05) is 6.07 Å². The molecule has 1 aromatic rings. The molecule has 3 rings (SSSR count). The van der Waals surface area contributed by atoms with Crippen molar-refractivity contribution in [3.8, 4) is 11.5 Å². The molecular formula is C22H32O2. The highest BCUT2D eigenvalue weighted by molar-refractivity contribution is 5.54. The van der Waals surface area contributed by atoms with Crippen molar-refractivity contribution in [2.45, 2.75) is 84.2 Å². The van der Waals surface area contributed by atoms with Gasteiger partial charge in [0.05, 0.1) is 0 Å². The number of phenolic OH excluding ortho intramolecular Hbond substituents is 1. The van der Waals surface area contributed by atoms with Crippen LogP contribution in [0.1, 0.15) is 84.3 Å².